The predicted octanol–water partition coefficient (Wildman–Crippen LogP) is 17.6. The molecule has 11 aromatic rings. The molecule has 0 aliphatic heterocycles. The van der Waals surface area contributed by atoms with Gasteiger partial charge < -0.3 is 0 Å². The van der Waals surface area contributed by atoms with Gasteiger partial charge in [-0.05, 0) is 139 Å². The summed E-state index contributed by atoms with van der Waals surface area (Å²) in [6, 6.07) is 83.3. The van der Waals surface area contributed by atoms with Gasteiger partial charge >= 0.3 is 0 Å². The van der Waals surface area contributed by atoms with E-state index in [4.69, 9.17) is 0 Å². The average molecular weight is 791 g/mol. The lowest BCUT2D eigenvalue weighted by Gasteiger charge is -2.21. The van der Waals surface area contributed by atoms with Gasteiger partial charge in [-0.2, -0.15) is 0 Å². The summed E-state index contributed by atoms with van der Waals surface area (Å²) in [4.78, 5) is 0. The molecule has 11 rings (SSSR count). The first-order chi connectivity index (χ1) is 30.4. The molecule has 0 unspecified atom stereocenters. The predicted molar refractivity (Wildman–Crippen MR) is 268 cm³/mol. The minimum atomic E-state index is 0.0899. The number of hydrogen-bond donors (Lipinski definition) is 0. The van der Waals surface area contributed by atoms with Crippen molar-refractivity contribution >= 4 is 43.1 Å². The van der Waals surface area contributed by atoms with E-state index in [1.165, 1.54) is 115 Å². The van der Waals surface area contributed by atoms with Gasteiger partial charge in [0.2, 0.25) is 0 Å². The highest BCUT2D eigenvalue weighted by Crippen LogP contribution is 2.47. The van der Waals surface area contributed by atoms with Gasteiger partial charge in [-0.15, -0.1) is 0 Å². The largest absolute Gasteiger partial charge is 0.0616 e. The summed E-state index contributed by atoms with van der Waals surface area (Å²) >= 11 is 0. The van der Waals surface area contributed by atoms with Crippen molar-refractivity contribution in [3.8, 4) is 66.8 Å². The zero-order valence-electron chi connectivity index (χ0n) is 35.4. The van der Waals surface area contributed by atoms with E-state index < -0.39 is 0 Å². The molecule has 0 saturated heterocycles. The van der Waals surface area contributed by atoms with Crippen LogP contribution in [0.25, 0.3) is 110 Å². The summed E-state index contributed by atoms with van der Waals surface area (Å²) < 4.78 is 0. The van der Waals surface area contributed by atoms with Crippen LogP contribution in [0.4, 0.5) is 0 Å². The molecule has 294 valence electrons. The van der Waals surface area contributed by atoms with E-state index in [1.807, 2.05) is 0 Å². The Labute approximate surface area is 364 Å². The second kappa shape index (κ2) is 15.2. The first-order valence-electron chi connectivity index (χ1n) is 21.7. The van der Waals surface area contributed by atoms with E-state index in [0.717, 1.165) is 0 Å². The Morgan fingerprint density at radius 1 is 0.242 bits per heavy atom. The van der Waals surface area contributed by atoms with Gasteiger partial charge in [0, 0.05) is 0 Å². The van der Waals surface area contributed by atoms with E-state index in [0.29, 0.717) is 0 Å². The van der Waals surface area contributed by atoms with E-state index in [9.17, 15) is 0 Å². The van der Waals surface area contributed by atoms with Crippen LogP contribution in [0.5, 0.6) is 0 Å². The monoisotopic (exact) mass is 790 g/mol. The SMILES string of the molecule is CC(C)(C)c1ccc(-c2ccccc2-c2ccc3c(-c4cccc(-c5cccc6ccccc56)c4)c4ccccc4c(-c4cccc(-c5cccc6ccccc56)c4)c3c2)cc1. The Hall–Kier alpha value is -7.54. The topological polar surface area (TPSA) is 0 Å². The molecule has 0 aliphatic carbocycles. The summed E-state index contributed by atoms with van der Waals surface area (Å²) in [5, 5.41) is 9.98. The third kappa shape index (κ3) is 6.57. The molecule has 0 N–H and O–H groups in total. The summed E-state index contributed by atoms with van der Waals surface area (Å²) in [5.41, 5.74) is 16.1. The van der Waals surface area contributed by atoms with E-state index in [-0.39, 0.29) is 5.41 Å². The van der Waals surface area contributed by atoms with Crippen molar-refractivity contribution in [3.63, 3.8) is 0 Å². The van der Waals surface area contributed by atoms with Crippen LogP contribution in [0.1, 0.15) is 26.3 Å². The van der Waals surface area contributed by atoms with Crippen molar-refractivity contribution < 1.29 is 0 Å². The highest BCUT2D eigenvalue weighted by molar-refractivity contribution is 6.22. The minimum Gasteiger partial charge on any atom is -0.0616 e. The number of rotatable bonds is 6. The molecule has 0 bridgehead atoms. The summed E-state index contributed by atoms with van der Waals surface area (Å²) in [5.74, 6) is 0. The normalized spacial score (nSPS) is 11.8. The maximum Gasteiger partial charge on any atom is -0.00259 e. The van der Waals surface area contributed by atoms with E-state index >= 15 is 0 Å². The highest BCUT2D eigenvalue weighted by atomic mass is 14.2. The summed E-state index contributed by atoms with van der Waals surface area (Å²) in [7, 11) is 0. The lowest BCUT2D eigenvalue weighted by molar-refractivity contribution is 0.590. The van der Waals surface area contributed by atoms with Gasteiger partial charge in [0.1, 0.15) is 0 Å². The van der Waals surface area contributed by atoms with E-state index in [2.05, 4.69) is 245 Å². The Bertz CT molecular complexity index is 3480. The molecule has 0 heteroatoms. The molecular formula is C62H46. The van der Waals surface area contributed by atoms with Crippen molar-refractivity contribution in [3.05, 3.63) is 230 Å². The maximum atomic E-state index is 2.46. The molecule has 0 atom stereocenters. The Morgan fingerprint density at radius 2 is 0.613 bits per heavy atom. The number of hydrogen-bond acceptors (Lipinski definition) is 0. The molecule has 0 fully saturated rings. The fourth-order valence-corrected chi connectivity index (χ4v) is 9.74. The quantitative estimate of drug-likeness (QED) is 0.147. The standard InChI is InChI=1S/C62H46/c1-62(2,3)49-35-32-43(33-36-49)52-26-8-9-27-53(52)46-34-37-58-59(40-46)61(48-23-13-21-45(39-48)55-31-15-19-42-17-5-7-25-51(42)55)57-29-11-10-28-56(57)60(58)47-22-12-20-44(38-47)54-30-14-18-41-16-4-6-24-50(41)54/h4-40H,1-3H3. The fraction of sp³-hybridized carbons (Fsp3) is 0.0645. The zero-order chi connectivity index (χ0) is 41.8. The zero-order valence-corrected chi connectivity index (χ0v) is 35.4. The minimum absolute atomic E-state index is 0.0899. The Balaban J connectivity index is 1.17. The molecule has 0 aromatic heterocycles. The fourth-order valence-electron chi connectivity index (χ4n) is 9.74. The van der Waals surface area contributed by atoms with Gasteiger partial charge in [0.15, 0.2) is 0 Å². The van der Waals surface area contributed by atoms with Crippen molar-refractivity contribution in [2.75, 3.05) is 0 Å². The van der Waals surface area contributed by atoms with Gasteiger partial charge in [-0.25, -0.2) is 0 Å². The van der Waals surface area contributed by atoms with Crippen molar-refractivity contribution in [2.45, 2.75) is 26.2 Å². The van der Waals surface area contributed by atoms with E-state index in [1.54, 1.807) is 0 Å². The van der Waals surface area contributed by atoms with Crippen LogP contribution in [0.3, 0.4) is 0 Å². The van der Waals surface area contributed by atoms with Gasteiger partial charge in [-0.3, -0.25) is 0 Å². The van der Waals surface area contributed by atoms with Gasteiger partial charge in [-0.1, -0.05) is 227 Å². The third-order valence-corrected chi connectivity index (χ3v) is 12.8. The van der Waals surface area contributed by atoms with Gasteiger partial charge in [0.05, 0.1) is 0 Å². The van der Waals surface area contributed by atoms with Crippen LogP contribution in [0, 0.1) is 0 Å². The molecule has 0 nitrogen and oxygen atoms in total. The smallest absolute Gasteiger partial charge is 0.00259 e. The molecule has 0 radical (unpaired) electrons. The number of fused-ring (bicyclic) bond motifs is 4. The van der Waals surface area contributed by atoms with Crippen molar-refractivity contribution in [1.29, 1.82) is 0 Å². The summed E-state index contributed by atoms with van der Waals surface area (Å²) in [6.45, 7) is 6.83. The first kappa shape index (κ1) is 37.5. The van der Waals surface area contributed by atoms with Crippen LogP contribution in [0.15, 0.2) is 224 Å². The molecule has 0 saturated carbocycles. The van der Waals surface area contributed by atoms with Gasteiger partial charge in [0.25, 0.3) is 0 Å². The molecule has 0 spiro atoms. The van der Waals surface area contributed by atoms with Crippen molar-refractivity contribution in [1.82, 2.24) is 0 Å². The molecule has 0 aliphatic rings. The van der Waals surface area contributed by atoms with Crippen LogP contribution in [-0.2, 0) is 5.41 Å². The van der Waals surface area contributed by atoms with Crippen LogP contribution < -0.4 is 0 Å². The third-order valence-electron chi connectivity index (χ3n) is 12.8. The maximum absolute atomic E-state index is 2.46. The average Bonchev–Trinajstić information content (AvgIpc) is 3.32. The Kier molecular flexibility index (Phi) is 9.17. The Morgan fingerprint density at radius 3 is 1.16 bits per heavy atom. The summed E-state index contributed by atoms with van der Waals surface area (Å²) in [6.07, 6.45) is 0. The molecule has 0 heterocycles. The molecule has 62 heavy (non-hydrogen) atoms. The second-order valence-electron chi connectivity index (χ2n) is 17.6. The van der Waals surface area contributed by atoms with Crippen LogP contribution in [0.2, 0.25) is 0 Å². The number of benzene rings is 11. The lowest BCUT2D eigenvalue weighted by Crippen LogP contribution is -2.10. The second-order valence-corrected chi connectivity index (χ2v) is 17.6. The highest BCUT2D eigenvalue weighted by Gasteiger charge is 2.20. The van der Waals surface area contributed by atoms with Crippen LogP contribution >= 0.6 is 0 Å². The molecule has 0 amide bonds. The first-order valence-corrected chi connectivity index (χ1v) is 21.7. The lowest BCUT2D eigenvalue weighted by atomic mass is 9.83. The molecular weight excluding hydrogens is 745 g/mol. The van der Waals surface area contributed by atoms with Crippen molar-refractivity contribution in [2.24, 2.45) is 0 Å². The van der Waals surface area contributed by atoms with Crippen LogP contribution in [-0.4, -0.2) is 0 Å². The molecule has 11 aromatic carbocycles.